The maximum atomic E-state index is 12.1. The van der Waals surface area contributed by atoms with Gasteiger partial charge in [0.05, 0.1) is 0 Å². The second kappa shape index (κ2) is 4.54. The molecule has 6 aliphatic rings. The molecule has 8 atom stereocenters. The van der Waals surface area contributed by atoms with E-state index in [1.807, 2.05) is 6.08 Å². The van der Waals surface area contributed by atoms with Gasteiger partial charge in [-0.3, -0.25) is 9.59 Å². The van der Waals surface area contributed by atoms with Crippen LogP contribution in [0.5, 0.6) is 0 Å². The Bertz CT molecular complexity index is 793. The molecule has 1 aliphatic heterocycles. The number of hydrogen-bond acceptors (Lipinski definition) is 3. The molecule has 4 fully saturated rings. The van der Waals surface area contributed by atoms with Crippen molar-refractivity contribution < 1.29 is 14.3 Å². The number of rotatable bonds is 0. The first-order valence-corrected chi connectivity index (χ1v) is 10.5. The van der Waals surface area contributed by atoms with Gasteiger partial charge in [-0.25, -0.2) is 0 Å². The molecule has 5 aliphatic carbocycles. The van der Waals surface area contributed by atoms with Gasteiger partial charge in [-0.1, -0.05) is 26.0 Å². The fraction of sp³-hybridized carbons (Fsp3) is 0.739. The van der Waals surface area contributed by atoms with Gasteiger partial charge in [0.2, 0.25) is 0 Å². The molecule has 3 saturated carbocycles. The van der Waals surface area contributed by atoms with Crippen LogP contribution in [0, 0.1) is 40.4 Å². The Balaban J connectivity index is 1.44. The van der Waals surface area contributed by atoms with Crippen LogP contribution >= 0.6 is 0 Å². The Hall–Kier alpha value is -1.38. The second-order valence-electron chi connectivity index (χ2n) is 10.4. The fourth-order valence-corrected chi connectivity index (χ4v) is 8.36. The van der Waals surface area contributed by atoms with Gasteiger partial charge in [0, 0.05) is 24.2 Å². The minimum absolute atomic E-state index is 0.0295. The van der Waals surface area contributed by atoms with Crippen LogP contribution in [0.1, 0.15) is 58.8 Å². The maximum absolute atomic E-state index is 12.1. The normalized spacial score (nSPS) is 56.4. The summed E-state index contributed by atoms with van der Waals surface area (Å²) in [6, 6.07) is 0. The monoisotopic (exact) mass is 352 g/mol. The van der Waals surface area contributed by atoms with Gasteiger partial charge in [-0.05, 0) is 72.8 Å². The minimum Gasteiger partial charge on any atom is -0.458 e. The highest BCUT2D eigenvalue weighted by Crippen LogP contribution is 2.78. The molecule has 0 bridgehead atoms. The van der Waals surface area contributed by atoms with Gasteiger partial charge >= 0.3 is 5.97 Å². The first-order chi connectivity index (χ1) is 12.4. The van der Waals surface area contributed by atoms with Crippen molar-refractivity contribution in [2.75, 3.05) is 0 Å². The van der Waals surface area contributed by atoms with Gasteiger partial charge in [-0.2, -0.15) is 0 Å². The van der Waals surface area contributed by atoms with E-state index in [1.54, 1.807) is 0 Å². The highest BCUT2D eigenvalue weighted by Gasteiger charge is 2.78. The number of hydrogen-bond donors (Lipinski definition) is 0. The minimum atomic E-state index is -0.169. The highest BCUT2D eigenvalue weighted by molar-refractivity contribution is 5.92. The molecule has 3 nitrogen and oxygen atoms in total. The molecular formula is C23H28O3. The lowest BCUT2D eigenvalue weighted by Gasteiger charge is -2.58. The largest absolute Gasteiger partial charge is 0.458 e. The molecule has 26 heavy (non-hydrogen) atoms. The summed E-state index contributed by atoms with van der Waals surface area (Å²) in [4.78, 5) is 24.0. The van der Waals surface area contributed by atoms with E-state index >= 15 is 0 Å². The molecule has 1 spiro atoms. The Morgan fingerprint density at radius 1 is 1.08 bits per heavy atom. The average Bonchev–Trinajstić information content (AvgIpc) is 3.24. The topological polar surface area (TPSA) is 43.4 Å². The molecule has 6 rings (SSSR count). The van der Waals surface area contributed by atoms with Gasteiger partial charge < -0.3 is 4.74 Å². The molecule has 1 heterocycles. The van der Waals surface area contributed by atoms with Crippen molar-refractivity contribution in [1.29, 1.82) is 0 Å². The lowest BCUT2D eigenvalue weighted by Crippen LogP contribution is -2.56. The lowest BCUT2D eigenvalue weighted by molar-refractivity contribution is -0.172. The quantitative estimate of drug-likeness (QED) is 0.613. The molecule has 0 radical (unpaired) electrons. The van der Waals surface area contributed by atoms with Gasteiger partial charge in [0.1, 0.15) is 5.60 Å². The predicted molar refractivity (Wildman–Crippen MR) is 97.0 cm³/mol. The third-order valence-corrected chi connectivity index (χ3v) is 9.64. The summed E-state index contributed by atoms with van der Waals surface area (Å²) < 4.78 is 6.14. The van der Waals surface area contributed by atoms with Crippen LogP contribution in [-0.4, -0.2) is 17.4 Å². The standard InChI is InChI=1S/C23H28O3/c1-21-8-5-14(24)11-13(21)3-4-15-17(21)6-9-22(2)20(15)16-12-18(16)23(22)10-7-19(25)26-23/h3-4,11,15-18,20H,5-10,12H2,1-2H3/t15-,16-,17+,18+,20+,21+,22+,23+/m1/s1. The Labute approximate surface area is 155 Å². The summed E-state index contributed by atoms with van der Waals surface area (Å²) in [5.41, 5.74) is 1.39. The Kier molecular flexibility index (Phi) is 2.73. The third kappa shape index (κ3) is 1.59. The first-order valence-electron chi connectivity index (χ1n) is 10.5. The van der Waals surface area contributed by atoms with Crippen molar-refractivity contribution in [1.82, 2.24) is 0 Å². The molecule has 138 valence electrons. The van der Waals surface area contributed by atoms with E-state index in [0.717, 1.165) is 18.8 Å². The van der Waals surface area contributed by atoms with E-state index in [0.29, 0.717) is 42.3 Å². The van der Waals surface area contributed by atoms with E-state index < -0.39 is 0 Å². The van der Waals surface area contributed by atoms with Gasteiger partial charge in [0.25, 0.3) is 0 Å². The molecule has 0 aromatic heterocycles. The molecule has 1 saturated heterocycles. The summed E-state index contributed by atoms with van der Waals surface area (Å²) in [5.74, 6) is 3.53. The first kappa shape index (κ1) is 15.7. The summed E-state index contributed by atoms with van der Waals surface area (Å²) >= 11 is 0. The van der Waals surface area contributed by atoms with Crippen molar-refractivity contribution in [2.45, 2.75) is 64.4 Å². The van der Waals surface area contributed by atoms with E-state index in [4.69, 9.17) is 4.74 Å². The van der Waals surface area contributed by atoms with Crippen LogP contribution in [0.4, 0.5) is 0 Å². The SMILES string of the molecule is C[C@]12CCC(=O)C=C1C=C[C@H]1[C@H]3[C@@H]4C[C@@H]4[C@@]4(CCC(=O)O4)[C@@]3(C)CC[C@@H]12. The number of ether oxygens (including phenoxy) is 1. The van der Waals surface area contributed by atoms with Crippen LogP contribution in [0.15, 0.2) is 23.8 Å². The number of allylic oxidation sites excluding steroid dienone is 4. The molecule has 0 aromatic carbocycles. The van der Waals surface area contributed by atoms with E-state index in [-0.39, 0.29) is 22.4 Å². The van der Waals surface area contributed by atoms with Crippen molar-refractivity contribution >= 4 is 11.8 Å². The Morgan fingerprint density at radius 2 is 1.92 bits per heavy atom. The molecule has 0 N–H and O–H groups in total. The second-order valence-corrected chi connectivity index (χ2v) is 10.4. The predicted octanol–water partition coefficient (Wildman–Crippen LogP) is 4.23. The zero-order valence-electron chi connectivity index (χ0n) is 15.8. The molecule has 0 amide bonds. The zero-order valence-corrected chi connectivity index (χ0v) is 15.8. The van der Waals surface area contributed by atoms with E-state index in [9.17, 15) is 9.59 Å². The molecular weight excluding hydrogens is 324 g/mol. The van der Waals surface area contributed by atoms with Crippen molar-refractivity contribution in [3.05, 3.63) is 23.8 Å². The summed E-state index contributed by atoms with van der Waals surface area (Å²) in [5, 5.41) is 0. The fourth-order valence-electron chi connectivity index (χ4n) is 8.36. The van der Waals surface area contributed by atoms with Gasteiger partial charge in [0.15, 0.2) is 5.78 Å². The number of carbonyl (C=O) groups excluding carboxylic acids is 2. The third-order valence-electron chi connectivity index (χ3n) is 9.64. The van der Waals surface area contributed by atoms with Gasteiger partial charge in [-0.15, -0.1) is 0 Å². The zero-order chi connectivity index (χ0) is 17.9. The van der Waals surface area contributed by atoms with Crippen molar-refractivity contribution in [3.63, 3.8) is 0 Å². The lowest BCUT2D eigenvalue weighted by atomic mass is 9.47. The van der Waals surface area contributed by atoms with E-state index in [1.165, 1.54) is 24.8 Å². The number of fused-ring (bicyclic) bond motifs is 9. The molecule has 0 aromatic rings. The van der Waals surface area contributed by atoms with Crippen LogP contribution in [0.3, 0.4) is 0 Å². The summed E-state index contributed by atoms with van der Waals surface area (Å²) in [6.45, 7) is 4.84. The summed E-state index contributed by atoms with van der Waals surface area (Å²) in [6.07, 6.45) is 13.5. The van der Waals surface area contributed by atoms with Crippen molar-refractivity contribution in [3.8, 4) is 0 Å². The highest BCUT2D eigenvalue weighted by atomic mass is 16.6. The molecule has 3 heteroatoms. The smallest absolute Gasteiger partial charge is 0.306 e. The maximum Gasteiger partial charge on any atom is 0.306 e. The van der Waals surface area contributed by atoms with Crippen LogP contribution < -0.4 is 0 Å². The van der Waals surface area contributed by atoms with Crippen LogP contribution in [-0.2, 0) is 14.3 Å². The van der Waals surface area contributed by atoms with Crippen LogP contribution in [0.2, 0.25) is 0 Å². The average molecular weight is 352 g/mol. The number of esters is 1. The molecule has 0 unspecified atom stereocenters. The van der Waals surface area contributed by atoms with Crippen molar-refractivity contribution in [2.24, 2.45) is 40.4 Å². The Morgan fingerprint density at radius 3 is 2.69 bits per heavy atom. The van der Waals surface area contributed by atoms with Crippen LogP contribution in [0.25, 0.3) is 0 Å². The van der Waals surface area contributed by atoms with E-state index in [2.05, 4.69) is 26.0 Å². The number of ketones is 1. The summed E-state index contributed by atoms with van der Waals surface area (Å²) in [7, 11) is 0. The number of carbonyl (C=O) groups is 2.